The van der Waals surface area contributed by atoms with Crippen molar-refractivity contribution in [3.05, 3.63) is 90.0 Å². The highest BCUT2D eigenvalue weighted by atomic mass is 32.1. The zero-order valence-electron chi connectivity index (χ0n) is 16.0. The molecule has 2 aromatic heterocycles. The Morgan fingerprint density at radius 1 is 1.10 bits per heavy atom. The van der Waals surface area contributed by atoms with Crippen molar-refractivity contribution >= 4 is 28.1 Å². The maximum Gasteiger partial charge on any atom is 0.239 e. The maximum absolute atomic E-state index is 13.8. The minimum Gasteiger partial charge on any atom is -0.306 e. The fraction of sp³-hybridized carbons (Fsp3) is 0.174. The van der Waals surface area contributed by atoms with Crippen molar-refractivity contribution in [1.29, 1.82) is 0 Å². The molecule has 6 heteroatoms. The van der Waals surface area contributed by atoms with Gasteiger partial charge in [-0.15, -0.1) is 11.3 Å². The van der Waals surface area contributed by atoms with Crippen LogP contribution in [0, 0.1) is 5.41 Å². The number of hydrogen-bond acceptors (Lipinski definition) is 4. The molecule has 29 heavy (non-hydrogen) atoms. The minimum atomic E-state index is -0.516. The highest BCUT2D eigenvalue weighted by Gasteiger charge is 2.43. The number of fused-ring (bicyclic) bond motifs is 1. The number of anilines is 2. The molecule has 0 N–H and O–H groups in total. The van der Waals surface area contributed by atoms with E-state index in [1.165, 1.54) is 22.5 Å². The lowest BCUT2D eigenvalue weighted by Gasteiger charge is -2.30. The number of para-hydroxylation sites is 1. The normalized spacial score (nSPS) is 17.8. The lowest BCUT2D eigenvalue weighted by Crippen LogP contribution is -2.40. The summed E-state index contributed by atoms with van der Waals surface area (Å²) < 4.78 is 1.99. The number of rotatable bonds is 4. The molecule has 5 rings (SSSR count). The van der Waals surface area contributed by atoms with Crippen LogP contribution in [0.3, 0.4) is 0 Å². The topological polar surface area (TPSA) is 51.0 Å². The number of benzene rings is 2. The number of amides is 1. The number of aromatic nitrogens is 3. The summed E-state index contributed by atoms with van der Waals surface area (Å²) in [6.45, 7) is 2.07. The fourth-order valence-corrected chi connectivity index (χ4v) is 4.72. The van der Waals surface area contributed by atoms with Crippen LogP contribution in [-0.4, -0.2) is 20.4 Å². The van der Waals surface area contributed by atoms with E-state index in [4.69, 9.17) is 0 Å². The number of imidazole rings is 1. The van der Waals surface area contributed by atoms with E-state index < -0.39 is 5.41 Å². The van der Waals surface area contributed by atoms with Gasteiger partial charge in [-0.3, -0.25) is 9.69 Å². The van der Waals surface area contributed by atoms with Gasteiger partial charge in [0.05, 0.1) is 17.4 Å². The van der Waals surface area contributed by atoms with Gasteiger partial charge in [0.25, 0.3) is 0 Å². The first kappa shape index (κ1) is 17.8. The third-order valence-corrected chi connectivity index (χ3v) is 6.25. The molecule has 0 bridgehead atoms. The molecule has 1 atom stereocenters. The number of carbonyl (C=O) groups excluding carboxylic acids is 1. The number of nitrogens with zero attached hydrogens (tertiary/aromatic N) is 4. The molecule has 144 valence electrons. The summed E-state index contributed by atoms with van der Waals surface area (Å²) in [7, 11) is 0. The van der Waals surface area contributed by atoms with Crippen molar-refractivity contribution in [3.63, 3.8) is 0 Å². The van der Waals surface area contributed by atoms with Gasteiger partial charge in [-0.25, -0.2) is 9.97 Å². The van der Waals surface area contributed by atoms with Crippen LogP contribution < -0.4 is 4.90 Å². The standard InChI is InChI=1S/C23H20N4OS/c1-23(14-17-7-8-20(13-18(17)15-23)26-11-9-24-16-26)21(28)27(22-25-10-12-29-22)19-5-3-2-4-6-19/h2-13,16H,14-15H2,1H3/t23-/m0/s1. The van der Waals surface area contributed by atoms with Gasteiger partial charge in [0.2, 0.25) is 5.91 Å². The maximum atomic E-state index is 13.8. The van der Waals surface area contributed by atoms with Gasteiger partial charge in [-0.2, -0.15) is 0 Å². The van der Waals surface area contributed by atoms with Crippen LogP contribution in [0.5, 0.6) is 0 Å². The van der Waals surface area contributed by atoms with E-state index in [1.54, 1.807) is 23.6 Å². The molecule has 0 fully saturated rings. The molecule has 2 aromatic carbocycles. The number of hydrogen-bond donors (Lipinski definition) is 0. The van der Waals surface area contributed by atoms with E-state index in [2.05, 4.69) is 35.1 Å². The summed E-state index contributed by atoms with van der Waals surface area (Å²) in [5.74, 6) is 0.0824. The molecule has 0 aliphatic heterocycles. The van der Waals surface area contributed by atoms with Crippen LogP contribution in [0.4, 0.5) is 10.8 Å². The fourth-order valence-electron chi connectivity index (χ4n) is 4.06. The van der Waals surface area contributed by atoms with Gasteiger partial charge in [0, 0.05) is 29.7 Å². The molecule has 0 spiro atoms. The SMILES string of the molecule is C[C@]1(C(=O)N(c2ccccc2)c2nccs2)Cc2ccc(-n3ccnc3)cc2C1. The zero-order valence-corrected chi connectivity index (χ0v) is 16.8. The summed E-state index contributed by atoms with van der Waals surface area (Å²) in [6, 6.07) is 16.2. The second-order valence-corrected chi connectivity index (χ2v) is 8.50. The van der Waals surface area contributed by atoms with Crippen molar-refractivity contribution in [3.8, 4) is 5.69 Å². The Hall–Kier alpha value is -3.25. The molecule has 0 saturated carbocycles. The largest absolute Gasteiger partial charge is 0.306 e. The Morgan fingerprint density at radius 2 is 1.93 bits per heavy atom. The second-order valence-electron chi connectivity index (χ2n) is 7.63. The van der Waals surface area contributed by atoms with E-state index in [-0.39, 0.29) is 5.91 Å². The Bertz CT molecular complexity index is 1140. The third-order valence-electron chi connectivity index (χ3n) is 5.50. The van der Waals surface area contributed by atoms with Crippen molar-refractivity contribution in [2.24, 2.45) is 5.41 Å². The van der Waals surface area contributed by atoms with Crippen LogP contribution in [-0.2, 0) is 17.6 Å². The second kappa shape index (κ2) is 6.97. The third kappa shape index (κ3) is 3.15. The number of thiazole rings is 1. The van der Waals surface area contributed by atoms with Crippen molar-refractivity contribution in [2.45, 2.75) is 19.8 Å². The van der Waals surface area contributed by atoms with Gasteiger partial charge in [0.1, 0.15) is 0 Å². The minimum absolute atomic E-state index is 0.0824. The molecule has 5 nitrogen and oxygen atoms in total. The van der Waals surface area contributed by atoms with Crippen molar-refractivity contribution in [2.75, 3.05) is 4.90 Å². The Balaban J connectivity index is 1.49. The van der Waals surface area contributed by atoms with E-state index in [1.807, 2.05) is 46.5 Å². The molecule has 1 amide bonds. The van der Waals surface area contributed by atoms with Gasteiger partial charge in [0.15, 0.2) is 5.13 Å². The molecular weight excluding hydrogens is 380 g/mol. The Kier molecular flexibility index (Phi) is 4.28. The summed E-state index contributed by atoms with van der Waals surface area (Å²) >= 11 is 1.48. The average Bonchev–Trinajstić information content (AvgIpc) is 3.49. The molecule has 0 saturated heterocycles. The quantitative estimate of drug-likeness (QED) is 0.494. The molecule has 0 radical (unpaired) electrons. The lowest BCUT2D eigenvalue weighted by molar-refractivity contribution is -0.126. The summed E-state index contributed by atoms with van der Waals surface area (Å²) in [5.41, 5.74) is 3.86. The smallest absolute Gasteiger partial charge is 0.239 e. The first-order chi connectivity index (χ1) is 14.1. The van der Waals surface area contributed by atoms with Crippen LogP contribution in [0.25, 0.3) is 5.69 Å². The lowest BCUT2D eigenvalue weighted by atomic mass is 9.85. The Morgan fingerprint density at radius 3 is 2.66 bits per heavy atom. The van der Waals surface area contributed by atoms with Crippen LogP contribution in [0.2, 0.25) is 0 Å². The van der Waals surface area contributed by atoms with Gasteiger partial charge >= 0.3 is 0 Å². The molecule has 1 aliphatic rings. The van der Waals surface area contributed by atoms with E-state index in [9.17, 15) is 4.79 Å². The van der Waals surface area contributed by atoms with Gasteiger partial charge in [-0.05, 0) is 48.2 Å². The van der Waals surface area contributed by atoms with Crippen molar-refractivity contribution in [1.82, 2.24) is 14.5 Å². The van der Waals surface area contributed by atoms with Crippen molar-refractivity contribution < 1.29 is 4.79 Å². The Labute approximate surface area is 173 Å². The summed E-state index contributed by atoms with van der Waals surface area (Å²) in [4.78, 5) is 24.2. The predicted octanol–water partition coefficient (Wildman–Crippen LogP) is 4.80. The molecule has 2 heterocycles. The monoisotopic (exact) mass is 400 g/mol. The van der Waals surface area contributed by atoms with Crippen LogP contribution >= 0.6 is 11.3 Å². The summed E-state index contributed by atoms with van der Waals surface area (Å²) in [5, 5.41) is 2.61. The van der Waals surface area contributed by atoms with Crippen LogP contribution in [0.1, 0.15) is 18.1 Å². The van der Waals surface area contributed by atoms with E-state index >= 15 is 0 Å². The van der Waals surface area contributed by atoms with E-state index in [0.717, 1.165) is 17.8 Å². The van der Waals surface area contributed by atoms with Gasteiger partial charge < -0.3 is 4.57 Å². The first-order valence-electron chi connectivity index (χ1n) is 9.53. The van der Waals surface area contributed by atoms with Crippen LogP contribution in [0.15, 0.2) is 78.8 Å². The summed E-state index contributed by atoms with van der Waals surface area (Å²) in [6.07, 6.45) is 8.67. The highest BCUT2D eigenvalue weighted by molar-refractivity contribution is 7.13. The predicted molar refractivity (Wildman–Crippen MR) is 115 cm³/mol. The number of carbonyl (C=O) groups is 1. The zero-order chi connectivity index (χ0) is 19.8. The highest BCUT2D eigenvalue weighted by Crippen LogP contribution is 2.42. The van der Waals surface area contributed by atoms with Gasteiger partial charge in [-0.1, -0.05) is 31.2 Å². The average molecular weight is 401 g/mol. The molecule has 1 aliphatic carbocycles. The molecule has 4 aromatic rings. The van der Waals surface area contributed by atoms with E-state index in [0.29, 0.717) is 11.6 Å². The molecular formula is C23H20N4OS. The molecule has 0 unspecified atom stereocenters. The first-order valence-corrected chi connectivity index (χ1v) is 10.4.